The van der Waals surface area contributed by atoms with Crippen molar-refractivity contribution in [3.8, 4) is 0 Å². The van der Waals surface area contributed by atoms with E-state index >= 15 is 0 Å². The molecule has 1 atom stereocenters. The summed E-state index contributed by atoms with van der Waals surface area (Å²) in [6, 6.07) is 9.34. The van der Waals surface area contributed by atoms with Crippen LogP contribution in [0.4, 0.5) is 5.69 Å². The minimum atomic E-state index is -0.178. The van der Waals surface area contributed by atoms with Gasteiger partial charge in [-0.05, 0) is 36.7 Å². The molecular weight excluding hydrogens is 232 g/mol. The zero-order valence-electron chi connectivity index (χ0n) is 10.0. The number of hydrogen-bond acceptors (Lipinski definition) is 2. The Kier molecular flexibility index (Phi) is 3.43. The molecule has 1 heterocycles. The average molecular weight is 248 g/mol. The second-order valence-electron chi connectivity index (χ2n) is 4.64. The lowest BCUT2D eigenvalue weighted by Crippen LogP contribution is -2.31. The first kappa shape index (κ1) is 12.0. The van der Waals surface area contributed by atoms with Crippen molar-refractivity contribution in [2.45, 2.75) is 26.3 Å². The number of carbonyl (C=O) groups excluding carboxylic acids is 1. The van der Waals surface area contributed by atoms with Gasteiger partial charge in [0.15, 0.2) is 5.11 Å². The van der Waals surface area contributed by atoms with E-state index in [2.05, 4.69) is 19.2 Å². The van der Waals surface area contributed by atoms with E-state index in [-0.39, 0.29) is 11.9 Å². The minimum Gasteiger partial charge on any atom is -0.350 e. The lowest BCUT2D eigenvalue weighted by Gasteiger charge is -2.14. The number of amides is 1. The molecule has 0 unspecified atom stereocenters. The highest BCUT2D eigenvalue weighted by atomic mass is 32.1. The SMILES string of the molecule is CC(C)C[C@H]1NC(=S)N(c2ccccc2)C1=O. The normalized spacial score (nSPS) is 19.9. The molecule has 90 valence electrons. The smallest absolute Gasteiger partial charge is 0.255 e. The van der Waals surface area contributed by atoms with E-state index in [1.165, 1.54) is 0 Å². The van der Waals surface area contributed by atoms with Crippen LogP contribution in [0.3, 0.4) is 0 Å². The van der Waals surface area contributed by atoms with Crippen molar-refractivity contribution in [3.63, 3.8) is 0 Å². The number of thiocarbonyl (C=S) groups is 1. The topological polar surface area (TPSA) is 32.3 Å². The number of carbonyl (C=O) groups is 1. The molecule has 1 fully saturated rings. The van der Waals surface area contributed by atoms with Gasteiger partial charge in [-0.2, -0.15) is 0 Å². The molecule has 0 bridgehead atoms. The molecule has 1 aliphatic heterocycles. The highest BCUT2D eigenvalue weighted by Gasteiger charge is 2.36. The van der Waals surface area contributed by atoms with Crippen LogP contribution in [0.25, 0.3) is 0 Å². The summed E-state index contributed by atoms with van der Waals surface area (Å²) >= 11 is 5.22. The molecule has 17 heavy (non-hydrogen) atoms. The molecule has 1 saturated heterocycles. The first-order valence-corrected chi connectivity index (χ1v) is 6.20. The predicted molar refractivity (Wildman–Crippen MR) is 72.9 cm³/mol. The minimum absolute atomic E-state index is 0.0508. The second-order valence-corrected chi connectivity index (χ2v) is 5.03. The maximum atomic E-state index is 12.2. The van der Waals surface area contributed by atoms with Crippen LogP contribution < -0.4 is 10.2 Å². The summed E-state index contributed by atoms with van der Waals surface area (Å²) < 4.78 is 0. The molecule has 1 aliphatic rings. The maximum Gasteiger partial charge on any atom is 0.255 e. The summed E-state index contributed by atoms with van der Waals surface area (Å²) in [7, 11) is 0. The quantitative estimate of drug-likeness (QED) is 0.833. The fraction of sp³-hybridized carbons (Fsp3) is 0.385. The summed E-state index contributed by atoms with van der Waals surface area (Å²) in [6.45, 7) is 4.20. The Bertz CT molecular complexity index is 430. The first-order chi connectivity index (χ1) is 8.09. The Morgan fingerprint density at radius 1 is 1.35 bits per heavy atom. The van der Waals surface area contributed by atoms with E-state index in [9.17, 15) is 4.79 Å². The Hall–Kier alpha value is -1.42. The monoisotopic (exact) mass is 248 g/mol. The molecule has 1 aromatic carbocycles. The third kappa shape index (κ3) is 2.47. The van der Waals surface area contributed by atoms with Crippen molar-refractivity contribution in [2.24, 2.45) is 5.92 Å². The summed E-state index contributed by atoms with van der Waals surface area (Å²) in [5.41, 5.74) is 0.834. The lowest BCUT2D eigenvalue weighted by molar-refractivity contribution is -0.118. The maximum absolute atomic E-state index is 12.2. The van der Waals surface area contributed by atoms with Crippen LogP contribution >= 0.6 is 12.2 Å². The van der Waals surface area contributed by atoms with Crippen LogP contribution in [-0.4, -0.2) is 17.1 Å². The van der Waals surface area contributed by atoms with Crippen molar-refractivity contribution < 1.29 is 4.79 Å². The van der Waals surface area contributed by atoms with Gasteiger partial charge >= 0.3 is 0 Å². The molecule has 0 spiro atoms. The zero-order valence-corrected chi connectivity index (χ0v) is 10.8. The summed E-state index contributed by atoms with van der Waals surface area (Å²) in [6.07, 6.45) is 0.808. The van der Waals surface area contributed by atoms with Gasteiger partial charge in [0, 0.05) is 0 Å². The molecule has 4 heteroatoms. The Balaban J connectivity index is 2.20. The van der Waals surface area contributed by atoms with Crippen LogP contribution in [0, 0.1) is 5.92 Å². The van der Waals surface area contributed by atoms with Gasteiger partial charge in [0.05, 0.1) is 5.69 Å². The van der Waals surface area contributed by atoms with Crippen molar-refractivity contribution in [3.05, 3.63) is 30.3 Å². The molecule has 0 aromatic heterocycles. The van der Waals surface area contributed by atoms with E-state index in [0.29, 0.717) is 11.0 Å². The zero-order chi connectivity index (χ0) is 12.4. The molecular formula is C13H16N2OS. The van der Waals surface area contributed by atoms with Gasteiger partial charge in [-0.3, -0.25) is 9.69 Å². The Labute approximate surface area is 107 Å². The number of para-hydroxylation sites is 1. The number of nitrogens with zero attached hydrogens (tertiary/aromatic N) is 1. The van der Waals surface area contributed by atoms with E-state index in [4.69, 9.17) is 12.2 Å². The van der Waals surface area contributed by atoms with Gasteiger partial charge in [-0.25, -0.2) is 0 Å². The molecule has 0 radical (unpaired) electrons. The molecule has 3 nitrogen and oxygen atoms in total. The Morgan fingerprint density at radius 3 is 2.59 bits per heavy atom. The fourth-order valence-corrected chi connectivity index (χ4v) is 2.32. The van der Waals surface area contributed by atoms with Gasteiger partial charge in [-0.15, -0.1) is 0 Å². The molecule has 1 amide bonds. The third-order valence-electron chi connectivity index (χ3n) is 2.74. The summed E-state index contributed by atoms with van der Waals surface area (Å²) in [5.74, 6) is 0.518. The van der Waals surface area contributed by atoms with Gasteiger partial charge < -0.3 is 5.32 Å². The number of hydrogen-bond donors (Lipinski definition) is 1. The standard InChI is InChI=1S/C13H16N2OS/c1-9(2)8-11-12(16)15(13(17)14-11)10-6-4-3-5-7-10/h3-7,9,11H,8H2,1-2H3,(H,14,17)/t11-/m1/s1. The van der Waals surface area contributed by atoms with Crippen molar-refractivity contribution in [1.29, 1.82) is 0 Å². The number of benzene rings is 1. The highest BCUT2D eigenvalue weighted by Crippen LogP contribution is 2.21. The predicted octanol–water partition coefficient (Wildman–Crippen LogP) is 2.32. The van der Waals surface area contributed by atoms with E-state index in [1.54, 1.807) is 4.90 Å². The first-order valence-electron chi connectivity index (χ1n) is 5.79. The van der Waals surface area contributed by atoms with Gasteiger partial charge in [0.2, 0.25) is 0 Å². The van der Waals surface area contributed by atoms with Crippen LogP contribution in [0.1, 0.15) is 20.3 Å². The van der Waals surface area contributed by atoms with Gasteiger partial charge in [-0.1, -0.05) is 32.0 Å². The van der Waals surface area contributed by atoms with E-state index < -0.39 is 0 Å². The van der Waals surface area contributed by atoms with Crippen LogP contribution in [0.5, 0.6) is 0 Å². The summed E-state index contributed by atoms with van der Waals surface area (Å²) in [5, 5.41) is 3.60. The lowest BCUT2D eigenvalue weighted by atomic mass is 10.0. The van der Waals surface area contributed by atoms with Gasteiger partial charge in [0.25, 0.3) is 5.91 Å². The third-order valence-corrected chi connectivity index (χ3v) is 3.04. The molecule has 1 N–H and O–H groups in total. The summed E-state index contributed by atoms with van der Waals surface area (Å²) in [4.78, 5) is 13.8. The molecule has 1 aromatic rings. The molecule has 0 aliphatic carbocycles. The fourth-order valence-electron chi connectivity index (χ4n) is 1.98. The average Bonchev–Trinajstić information content (AvgIpc) is 2.54. The number of anilines is 1. The van der Waals surface area contributed by atoms with Gasteiger partial charge in [0.1, 0.15) is 6.04 Å². The number of nitrogens with one attached hydrogen (secondary N) is 1. The van der Waals surface area contributed by atoms with E-state index in [0.717, 1.165) is 12.1 Å². The van der Waals surface area contributed by atoms with Crippen LogP contribution in [0.2, 0.25) is 0 Å². The number of rotatable bonds is 3. The van der Waals surface area contributed by atoms with Crippen molar-refractivity contribution >= 4 is 28.9 Å². The van der Waals surface area contributed by atoms with Crippen molar-refractivity contribution in [2.75, 3.05) is 4.90 Å². The van der Waals surface area contributed by atoms with Crippen LogP contribution in [0.15, 0.2) is 30.3 Å². The largest absolute Gasteiger partial charge is 0.350 e. The molecule has 2 rings (SSSR count). The van der Waals surface area contributed by atoms with Crippen molar-refractivity contribution in [1.82, 2.24) is 5.32 Å². The highest BCUT2D eigenvalue weighted by molar-refractivity contribution is 7.80. The second kappa shape index (κ2) is 4.84. The molecule has 0 saturated carbocycles. The van der Waals surface area contributed by atoms with E-state index in [1.807, 2.05) is 30.3 Å². The Morgan fingerprint density at radius 2 is 2.00 bits per heavy atom. The van der Waals surface area contributed by atoms with Crippen LogP contribution in [-0.2, 0) is 4.79 Å².